The molecule has 28 heavy (non-hydrogen) atoms. The van der Waals surface area contributed by atoms with E-state index in [2.05, 4.69) is 10.2 Å². The van der Waals surface area contributed by atoms with Gasteiger partial charge in [0.1, 0.15) is 12.4 Å². The fourth-order valence-corrected chi connectivity index (χ4v) is 3.60. The molecule has 3 aromatic carbocycles. The number of carbonyl (C=O) groups is 1. The van der Waals surface area contributed by atoms with Gasteiger partial charge in [-0.3, -0.25) is 9.36 Å². The van der Waals surface area contributed by atoms with Crippen molar-refractivity contribution in [3.63, 3.8) is 0 Å². The zero-order valence-electron chi connectivity index (χ0n) is 14.9. The molecule has 140 valence electrons. The molecule has 6 nitrogen and oxygen atoms in total. The molecule has 0 saturated carbocycles. The van der Waals surface area contributed by atoms with Crippen molar-refractivity contribution in [1.82, 2.24) is 14.8 Å². The summed E-state index contributed by atoms with van der Waals surface area (Å²) < 4.78 is 7.89. The normalized spacial score (nSPS) is 10.9. The lowest BCUT2D eigenvalue weighted by Crippen LogP contribution is -2.07. The number of thioether (sulfide) groups is 1. The molecule has 0 bridgehead atoms. The lowest BCUT2D eigenvalue weighted by Gasteiger charge is -2.12. The number of benzene rings is 3. The van der Waals surface area contributed by atoms with Gasteiger partial charge in [-0.15, -0.1) is 10.2 Å². The minimum atomic E-state index is -0.902. The molecule has 0 unspecified atom stereocenters. The molecule has 4 aromatic rings. The molecule has 1 heterocycles. The van der Waals surface area contributed by atoms with Crippen LogP contribution in [0, 0.1) is 0 Å². The Balaban J connectivity index is 1.65. The topological polar surface area (TPSA) is 77.2 Å². The molecule has 1 N–H and O–H groups in total. The molecule has 1 aromatic heterocycles. The summed E-state index contributed by atoms with van der Waals surface area (Å²) in [6.07, 6.45) is 0. The van der Waals surface area contributed by atoms with Gasteiger partial charge in [-0.2, -0.15) is 0 Å². The Morgan fingerprint density at radius 1 is 0.964 bits per heavy atom. The van der Waals surface area contributed by atoms with E-state index < -0.39 is 5.97 Å². The first-order valence-corrected chi connectivity index (χ1v) is 9.66. The van der Waals surface area contributed by atoms with Crippen LogP contribution in [-0.4, -0.2) is 31.6 Å². The summed E-state index contributed by atoms with van der Waals surface area (Å²) in [6.45, 7) is 0.212. The first-order chi connectivity index (χ1) is 13.7. The molecule has 7 heteroatoms. The number of ether oxygens (including phenoxy) is 1. The van der Waals surface area contributed by atoms with Crippen molar-refractivity contribution in [2.24, 2.45) is 0 Å². The fourth-order valence-electron chi connectivity index (χ4n) is 2.91. The van der Waals surface area contributed by atoms with E-state index in [0.717, 1.165) is 34.0 Å². The number of aliphatic carboxylic acids is 1. The van der Waals surface area contributed by atoms with Gasteiger partial charge in [-0.25, -0.2) is 0 Å². The van der Waals surface area contributed by atoms with Gasteiger partial charge in [-0.05, 0) is 23.6 Å². The number of para-hydroxylation sites is 1. The van der Waals surface area contributed by atoms with E-state index >= 15 is 0 Å². The predicted molar refractivity (Wildman–Crippen MR) is 108 cm³/mol. The highest BCUT2D eigenvalue weighted by atomic mass is 32.2. The van der Waals surface area contributed by atoms with Crippen LogP contribution in [0.15, 0.2) is 78.0 Å². The van der Waals surface area contributed by atoms with Crippen molar-refractivity contribution in [3.8, 4) is 11.4 Å². The highest BCUT2D eigenvalue weighted by molar-refractivity contribution is 7.99. The average molecular weight is 391 g/mol. The third-order valence-electron chi connectivity index (χ3n) is 4.15. The predicted octanol–water partition coefficient (Wildman–Crippen LogP) is 4.18. The summed E-state index contributed by atoms with van der Waals surface area (Å²) in [4.78, 5) is 11.0. The van der Waals surface area contributed by atoms with Crippen molar-refractivity contribution >= 4 is 28.5 Å². The van der Waals surface area contributed by atoms with Crippen molar-refractivity contribution in [3.05, 3.63) is 78.6 Å². The van der Waals surface area contributed by atoms with Gasteiger partial charge in [0.2, 0.25) is 0 Å². The van der Waals surface area contributed by atoms with E-state index in [1.54, 1.807) is 0 Å². The molecule has 0 fully saturated rings. The van der Waals surface area contributed by atoms with Crippen molar-refractivity contribution < 1.29 is 14.6 Å². The molecule has 4 rings (SSSR count). The number of nitrogens with zero attached hydrogens (tertiary/aromatic N) is 3. The van der Waals surface area contributed by atoms with Gasteiger partial charge in [0.25, 0.3) is 0 Å². The molecule has 0 amide bonds. The van der Waals surface area contributed by atoms with Crippen molar-refractivity contribution in [1.29, 1.82) is 0 Å². The maximum atomic E-state index is 11.0. The van der Waals surface area contributed by atoms with Gasteiger partial charge in [-0.1, -0.05) is 66.4 Å². The molecule has 0 aliphatic rings. The second-order valence-electron chi connectivity index (χ2n) is 6.02. The van der Waals surface area contributed by atoms with E-state index in [-0.39, 0.29) is 12.4 Å². The van der Waals surface area contributed by atoms with E-state index in [1.807, 2.05) is 77.4 Å². The maximum Gasteiger partial charge on any atom is 0.313 e. The Morgan fingerprint density at radius 2 is 1.71 bits per heavy atom. The Kier molecular flexibility index (Phi) is 5.25. The number of hydrogen-bond donors (Lipinski definition) is 1. The third-order valence-corrected chi connectivity index (χ3v) is 5.06. The van der Waals surface area contributed by atoms with Gasteiger partial charge in [0.05, 0.1) is 5.75 Å². The number of carboxylic acid groups (broad SMARTS) is 1. The van der Waals surface area contributed by atoms with E-state index in [1.165, 1.54) is 0 Å². The largest absolute Gasteiger partial charge is 0.485 e. The highest BCUT2D eigenvalue weighted by Gasteiger charge is 2.16. The molecule has 0 spiro atoms. The van der Waals surface area contributed by atoms with Gasteiger partial charge >= 0.3 is 5.97 Å². The summed E-state index contributed by atoms with van der Waals surface area (Å²) in [7, 11) is 0. The number of hydrogen-bond acceptors (Lipinski definition) is 5. The summed E-state index contributed by atoms with van der Waals surface area (Å²) >= 11 is 1.13. The Bertz CT molecular complexity index is 1110. The van der Waals surface area contributed by atoms with Crippen LogP contribution >= 0.6 is 11.8 Å². The lowest BCUT2D eigenvalue weighted by molar-refractivity contribution is -0.133. The first-order valence-electron chi connectivity index (χ1n) is 8.67. The SMILES string of the molecule is O=C(O)CSc1nnc(COc2cccc3ccccc23)n1-c1ccccc1. The Hall–Kier alpha value is -3.32. The second-order valence-corrected chi connectivity index (χ2v) is 6.96. The molecule has 0 radical (unpaired) electrons. The minimum Gasteiger partial charge on any atom is -0.485 e. The standard InChI is InChI=1S/C21H17N3O3S/c25-20(26)14-28-21-23-22-19(24(21)16-9-2-1-3-10-16)13-27-18-12-6-8-15-7-4-5-11-17(15)18/h1-12H,13-14H2,(H,25,26). The smallest absolute Gasteiger partial charge is 0.313 e. The molecule has 0 aliphatic heterocycles. The first kappa shape index (κ1) is 18.1. The number of carboxylic acids is 1. The number of rotatable bonds is 7. The Morgan fingerprint density at radius 3 is 2.54 bits per heavy atom. The lowest BCUT2D eigenvalue weighted by atomic mass is 10.1. The van der Waals surface area contributed by atoms with Crippen LogP contribution in [0.5, 0.6) is 5.75 Å². The molecular weight excluding hydrogens is 374 g/mol. The van der Waals surface area contributed by atoms with Gasteiger partial charge < -0.3 is 9.84 Å². The van der Waals surface area contributed by atoms with E-state index in [9.17, 15) is 4.79 Å². The zero-order chi connectivity index (χ0) is 19.3. The fraction of sp³-hybridized carbons (Fsp3) is 0.0952. The average Bonchev–Trinajstić information content (AvgIpc) is 3.14. The van der Waals surface area contributed by atoms with Crippen LogP contribution in [0.25, 0.3) is 16.5 Å². The molecule has 0 aliphatic carbocycles. The summed E-state index contributed by atoms with van der Waals surface area (Å²) in [6, 6.07) is 23.5. The zero-order valence-corrected chi connectivity index (χ0v) is 15.7. The number of fused-ring (bicyclic) bond motifs is 1. The van der Waals surface area contributed by atoms with Crippen LogP contribution in [0.4, 0.5) is 0 Å². The van der Waals surface area contributed by atoms with Crippen LogP contribution in [0.3, 0.4) is 0 Å². The van der Waals surface area contributed by atoms with Crippen LogP contribution in [0.1, 0.15) is 5.82 Å². The summed E-state index contributed by atoms with van der Waals surface area (Å²) in [5.41, 5.74) is 0.858. The quantitative estimate of drug-likeness (QED) is 0.476. The third kappa shape index (κ3) is 3.84. The maximum absolute atomic E-state index is 11.0. The number of aromatic nitrogens is 3. The van der Waals surface area contributed by atoms with Gasteiger partial charge in [0, 0.05) is 11.1 Å². The second kappa shape index (κ2) is 8.14. The van der Waals surface area contributed by atoms with Gasteiger partial charge in [0.15, 0.2) is 11.0 Å². The monoisotopic (exact) mass is 391 g/mol. The van der Waals surface area contributed by atoms with Crippen molar-refractivity contribution in [2.75, 3.05) is 5.75 Å². The molecule has 0 saturated heterocycles. The molecule has 0 atom stereocenters. The van der Waals surface area contributed by atoms with Crippen LogP contribution < -0.4 is 4.74 Å². The summed E-state index contributed by atoms with van der Waals surface area (Å²) in [5, 5.41) is 20.0. The van der Waals surface area contributed by atoms with E-state index in [4.69, 9.17) is 9.84 Å². The van der Waals surface area contributed by atoms with Crippen molar-refractivity contribution in [2.45, 2.75) is 11.8 Å². The Labute approximate surface area is 165 Å². The minimum absolute atomic E-state index is 0.0881. The van der Waals surface area contributed by atoms with E-state index in [0.29, 0.717) is 11.0 Å². The highest BCUT2D eigenvalue weighted by Crippen LogP contribution is 2.27. The van der Waals surface area contributed by atoms with Crippen LogP contribution in [0.2, 0.25) is 0 Å². The molecular formula is C21H17N3O3S. The summed E-state index contributed by atoms with van der Waals surface area (Å²) in [5.74, 6) is 0.378. The van der Waals surface area contributed by atoms with Crippen LogP contribution in [-0.2, 0) is 11.4 Å².